The van der Waals surface area contributed by atoms with E-state index in [0.717, 1.165) is 31.3 Å². The standard InChI is InChI=1S/C25H28F2N4O3.C2HF3O2/c1-28-8-10-30(11-9-28)24(33)16-29(2)25(34)31-15-18(21-14-19(26)6-7-22(21)27)13-23(31)17-4-3-5-20(32)12-17;3-2(4,5)1(6)7/h3-7,12-14,23,32H,8-11,15-16H2,1-2H3;(H,6,7)/p+1. The van der Waals surface area contributed by atoms with Crippen LogP contribution >= 0.6 is 0 Å². The number of aromatic hydroxyl groups is 1. The summed E-state index contributed by atoms with van der Waals surface area (Å²) >= 11 is 0. The number of urea groups is 1. The molecule has 0 aromatic heterocycles. The molecule has 0 bridgehead atoms. The van der Waals surface area contributed by atoms with Gasteiger partial charge in [-0.05, 0) is 41.5 Å². The Morgan fingerprint density at radius 2 is 1.71 bits per heavy atom. The topological polar surface area (TPSA) is 106 Å². The summed E-state index contributed by atoms with van der Waals surface area (Å²) in [5, 5.41) is 17.1. The number of hydrogen-bond donors (Lipinski definition) is 3. The van der Waals surface area contributed by atoms with Crippen molar-refractivity contribution in [1.82, 2.24) is 14.7 Å². The lowest BCUT2D eigenvalue weighted by Crippen LogP contribution is -3.12. The van der Waals surface area contributed by atoms with Crippen molar-refractivity contribution in [1.29, 1.82) is 0 Å². The fourth-order valence-electron chi connectivity index (χ4n) is 4.43. The molecule has 0 saturated carbocycles. The second-order valence-corrected chi connectivity index (χ2v) is 9.76. The molecule has 2 aliphatic rings. The number of phenolic OH excluding ortho intramolecular Hbond substituents is 1. The molecule has 2 heterocycles. The Balaban J connectivity index is 0.000000587. The molecule has 1 unspecified atom stereocenters. The summed E-state index contributed by atoms with van der Waals surface area (Å²) in [5.74, 6) is -4.01. The maximum absolute atomic E-state index is 14.5. The second kappa shape index (κ2) is 13.0. The number of carboxylic acid groups (broad SMARTS) is 1. The van der Waals surface area contributed by atoms with Crippen LogP contribution in [0.4, 0.5) is 26.7 Å². The SMILES string of the molecule is CN(CC(=O)N1CC[NH+](C)CC1)C(=O)N1CC(c2cc(F)ccc2F)=CC1c1cccc(O)c1.O=C(O)C(F)(F)F. The predicted octanol–water partition coefficient (Wildman–Crippen LogP) is 2.15. The zero-order valence-corrected chi connectivity index (χ0v) is 22.3. The molecule has 0 spiro atoms. The Kier molecular flexibility index (Phi) is 9.92. The zero-order valence-electron chi connectivity index (χ0n) is 22.3. The number of amides is 3. The van der Waals surface area contributed by atoms with E-state index in [-0.39, 0.29) is 30.3 Å². The molecule has 4 rings (SSSR count). The summed E-state index contributed by atoms with van der Waals surface area (Å²) in [5.41, 5.74) is 1.17. The number of halogens is 5. The van der Waals surface area contributed by atoms with Gasteiger partial charge in [-0.25, -0.2) is 18.4 Å². The highest BCUT2D eigenvalue weighted by Gasteiger charge is 2.38. The molecule has 0 radical (unpaired) electrons. The first-order chi connectivity index (χ1) is 19.2. The van der Waals surface area contributed by atoms with Crippen molar-refractivity contribution in [3.63, 3.8) is 0 Å². The van der Waals surface area contributed by atoms with Crippen LogP contribution in [-0.4, -0.2) is 102 Å². The van der Waals surface area contributed by atoms with Crippen LogP contribution in [0.1, 0.15) is 17.2 Å². The first kappa shape index (κ1) is 31.3. The average molecular weight is 586 g/mol. The van der Waals surface area contributed by atoms with E-state index < -0.39 is 35.9 Å². The number of nitrogens with zero attached hydrogens (tertiary/aromatic N) is 3. The fraction of sp³-hybridized carbons (Fsp3) is 0.370. The van der Waals surface area contributed by atoms with Crippen LogP contribution in [0.25, 0.3) is 5.57 Å². The van der Waals surface area contributed by atoms with Gasteiger partial charge < -0.3 is 29.8 Å². The van der Waals surface area contributed by atoms with Gasteiger partial charge in [0.05, 0.1) is 39.3 Å². The number of carbonyl (C=O) groups is 3. The maximum Gasteiger partial charge on any atom is 0.490 e. The van der Waals surface area contributed by atoms with Gasteiger partial charge in [-0.1, -0.05) is 18.2 Å². The highest BCUT2D eigenvalue weighted by atomic mass is 19.4. The first-order valence-corrected chi connectivity index (χ1v) is 12.5. The molecule has 2 aromatic carbocycles. The van der Waals surface area contributed by atoms with Gasteiger partial charge in [0.15, 0.2) is 0 Å². The first-order valence-electron chi connectivity index (χ1n) is 12.5. The van der Waals surface area contributed by atoms with Crippen LogP contribution in [0.2, 0.25) is 0 Å². The number of aliphatic carboxylic acids is 1. The molecule has 222 valence electrons. The number of carboxylic acids is 1. The number of likely N-dealkylation sites (N-methyl/N-ethyl adjacent to an activating group) is 2. The lowest BCUT2D eigenvalue weighted by atomic mass is 10.0. The highest BCUT2D eigenvalue weighted by molar-refractivity contribution is 5.86. The van der Waals surface area contributed by atoms with Crippen molar-refractivity contribution in [2.24, 2.45) is 0 Å². The number of piperazine rings is 1. The Bertz CT molecular complexity index is 1310. The molecule has 3 amide bonds. The van der Waals surface area contributed by atoms with E-state index in [4.69, 9.17) is 9.90 Å². The Labute approximate surface area is 232 Å². The number of alkyl halides is 3. The minimum atomic E-state index is -5.08. The van der Waals surface area contributed by atoms with E-state index in [9.17, 15) is 36.6 Å². The predicted molar refractivity (Wildman–Crippen MR) is 137 cm³/mol. The third-order valence-corrected chi connectivity index (χ3v) is 6.68. The smallest absolute Gasteiger partial charge is 0.490 e. The number of hydrogen-bond acceptors (Lipinski definition) is 4. The van der Waals surface area contributed by atoms with E-state index in [1.807, 2.05) is 0 Å². The maximum atomic E-state index is 14.5. The summed E-state index contributed by atoms with van der Waals surface area (Å²) in [6.07, 6.45) is -3.39. The quantitative estimate of drug-likeness (QED) is 0.477. The van der Waals surface area contributed by atoms with Crippen molar-refractivity contribution in [2.75, 3.05) is 53.4 Å². The second-order valence-electron chi connectivity index (χ2n) is 9.76. The number of quaternary nitrogens is 1. The minimum absolute atomic E-state index is 0.0319. The monoisotopic (exact) mass is 585 g/mol. The third kappa shape index (κ3) is 8.16. The molecule has 9 nitrogen and oxygen atoms in total. The molecule has 3 N–H and O–H groups in total. The van der Waals surface area contributed by atoms with Crippen LogP contribution in [0.3, 0.4) is 0 Å². The average Bonchev–Trinajstić information content (AvgIpc) is 3.35. The molecular weight excluding hydrogens is 555 g/mol. The van der Waals surface area contributed by atoms with Crippen LogP contribution in [-0.2, 0) is 9.59 Å². The van der Waals surface area contributed by atoms with Crippen LogP contribution in [0.5, 0.6) is 5.75 Å². The molecule has 0 aliphatic carbocycles. The molecule has 41 heavy (non-hydrogen) atoms. The number of carbonyl (C=O) groups excluding carboxylic acids is 2. The number of rotatable bonds is 4. The third-order valence-electron chi connectivity index (χ3n) is 6.68. The summed E-state index contributed by atoms with van der Waals surface area (Å²) < 4.78 is 60.1. The molecule has 14 heteroatoms. The number of benzene rings is 2. The number of nitrogens with one attached hydrogen (secondary N) is 1. The van der Waals surface area contributed by atoms with Crippen LogP contribution < -0.4 is 4.90 Å². The van der Waals surface area contributed by atoms with Crippen molar-refractivity contribution in [3.05, 3.63) is 71.3 Å². The normalized spacial score (nSPS) is 17.4. The Morgan fingerprint density at radius 3 is 2.29 bits per heavy atom. The number of phenols is 1. The van der Waals surface area contributed by atoms with Gasteiger partial charge in [-0.15, -0.1) is 0 Å². The van der Waals surface area contributed by atoms with Gasteiger partial charge in [0.1, 0.15) is 23.9 Å². The summed E-state index contributed by atoms with van der Waals surface area (Å²) in [6.45, 7) is 2.98. The fourth-order valence-corrected chi connectivity index (χ4v) is 4.43. The van der Waals surface area contributed by atoms with Gasteiger partial charge in [-0.3, -0.25) is 4.79 Å². The Hall–Kier alpha value is -4.20. The van der Waals surface area contributed by atoms with E-state index >= 15 is 0 Å². The van der Waals surface area contributed by atoms with Crippen molar-refractivity contribution < 1.29 is 51.4 Å². The summed E-state index contributed by atoms with van der Waals surface area (Å²) in [4.78, 5) is 41.1. The van der Waals surface area contributed by atoms with E-state index in [0.29, 0.717) is 24.2 Å². The highest BCUT2D eigenvalue weighted by Crippen LogP contribution is 2.37. The molecule has 2 aromatic rings. The summed E-state index contributed by atoms with van der Waals surface area (Å²) in [6, 6.07) is 8.65. The zero-order chi connectivity index (χ0) is 30.5. The van der Waals surface area contributed by atoms with Gasteiger partial charge in [0.25, 0.3) is 0 Å². The molecule has 1 fully saturated rings. The van der Waals surface area contributed by atoms with Crippen molar-refractivity contribution in [2.45, 2.75) is 12.2 Å². The largest absolute Gasteiger partial charge is 0.508 e. The minimum Gasteiger partial charge on any atom is -0.508 e. The van der Waals surface area contributed by atoms with Crippen LogP contribution in [0.15, 0.2) is 48.5 Å². The van der Waals surface area contributed by atoms with Gasteiger partial charge in [-0.2, -0.15) is 13.2 Å². The van der Waals surface area contributed by atoms with Gasteiger partial charge >= 0.3 is 18.2 Å². The van der Waals surface area contributed by atoms with Crippen molar-refractivity contribution >= 4 is 23.5 Å². The molecule has 2 aliphatic heterocycles. The van der Waals surface area contributed by atoms with Gasteiger partial charge in [0, 0.05) is 19.2 Å². The van der Waals surface area contributed by atoms with E-state index in [1.54, 1.807) is 30.2 Å². The lowest BCUT2D eigenvalue weighted by Gasteiger charge is -2.33. The Morgan fingerprint density at radius 1 is 1.07 bits per heavy atom. The molecule has 1 saturated heterocycles. The molecular formula is C27H30F5N4O5+. The molecule has 1 atom stereocenters. The van der Waals surface area contributed by atoms with E-state index in [2.05, 4.69) is 7.05 Å². The van der Waals surface area contributed by atoms with Gasteiger partial charge in [0.2, 0.25) is 5.91 Å². The van der Waals surface area contributed by atoms with E-state index in [1.165, 1.54) is 26.8 Å². The lowest BCUT2D eigenvalue weighted by molar-refractivity contribution is -0.883. The van der Waals surface area contributed by atoms with Crippen molar-refractivity contribution in [3.8, 4) is 5.75 Å². The summed E-state index contributed by atoms with van der Waals surface area (Å²) in [7, 11) is 3.64. The van der Waals surface area contributed by atoms with Crippen LogP contribution in [0, 0.1) is 11.6 Å².